The first kappa shape index (κ1) is 18.3. The fourth-order valence-corrected chi connectivity index (χ4v) is 3.88. The monoisotopic (exact) mass is 289 g/mol. The lowest BCUT2D eigenvalue weighted by Crippen LogP contribution is -2.47. The predicted molar refractivity (Wildman–Crippen MR) is 75.6 cm³/mol. The summed E-state index contributed by atoms with van der Waals surface area (Å²) in [4.78, 5) is 10.7. The van der Waals surface area contributed by atoms with E-state index < -0.39 is 14.8 Å². The SMILES string of the molecule is CCO[Si]([CH]CCC=C(C)C(=O)O)(OCC)OCC. The molecular formula is C13H25O5Si. The van der Waals surface area contributed by atoms with Gasteiger partial charge >= 0.3 is 14.8 Å². The number of aliphatic carboxylic acids is 1. The normalized spacial score (nSPS) is 12.7. The Morgan fingerprint density at radius 1 is 1.05 bits per heavy atom. The largest absolute Gasteiger partial charge is 0.504 e. The van der Waals surface area contributed by atoms with Crippen molar-refractivity contribution >= 4 is 14.8 Å². The van der Waals surface area contributed by atoms with Gasteiger partial charge in [0, 0.05) is 31.4 Å². The van der Waals surface area contributed by atoms with E-state index in [-0.39, 0.29) is 0 Å². The Balaban J connectivity index is 4.39. The molecule has 111 valence electrons. The zero-order valence-corrected chi connectivity index (χ0v) is 13.3. The fraction of sp³-hybridized carbons (Fsp3) is 0.692. The molecule has 0 saturated heterocycles. The van der Waals surface area contributed by atoms with Crippen LogP contribution in [0.4, 0.5) is 0 Å². The Morgan fingerprint density at radius 2 is 1.53 bits per heavy atom. The van der Waals surface area contributed by atoms with Gasteiger partial charge in [-0.1, -0.05) is 6.08 Å². The third kappa shape index (κ3) is 7.46. The summed E-state index contributed by atoms with van der Waals surface area (Å²) in [6, 6.07) is 1.94. The molecule has 0 bridgehead atoms. The second-order valence-corrected chi connectivity index (χ2v) is 6.36. The Kier molecular flexibility index (Phi) is 9.77. The molecule has 0 fully saturated rings. The van der Waals surface area contributed by atoms with Crippen LogP contribution < -0.4 is 0 Å². The van der Waals surface area contributed by atoms with E-state index in [1.807, 2.05) is 26.8 Å². The molecule has 0 atom stereocenters. The van der Waals surface area contributed by atoms with Gasteiger partial charge in [-0.05, 0) is 40.5 Å². The molecule has 0 aromatic rings. The first-order valence-corrected chi connectivity index (χ1v) is 8.47. The van der Waals surface area contributed by atoms with E-state index in [0.717, 1.165) is 0 Å². The highest BCUT2D eigenvalue weighted by Gasteiger charge is 2.39. The van der Waals surface area contributed by atoms with E-state index in [0.29, 0.717) is 38.2 Å². The Bertz CT molecular complexity index is 274. The van der Waals surface area contributed by atoms with Crippen molar-refractivity contribution in [3.8, 4) is 0 Å². The zero-order valence-electron chi connectivity index (χ0n) is 12.3. The van der Waals surface area contributed by atoms with Crippen LogP contribution >= 0.6 is 0 Å². The molecule has 1 radical (unpaired) electrons. The van der Waals surface area contributed by atoms with Crippen molar-refractivity contribution in [1.29, 1.82) is 0 Å². The van der Waals surface area contributed by atoms with E-state index >= 15 is 0 Å². The van der Waals surface area contributed by atoms with Gasteiger partial charge in [0.05, 0.1) is 0 Å². The van der Waals surface area contributed by atoms with E-state index in [4.69, 9.17) is 18.4 Å². The van der Waals surface area contributed by atoms with Gasteiger partial charge in [-0.15, -0.1) is 0 Å². The van der Waals surface area contributed by atoms with Gasteiger partial charge in [0.2, 0.25) is 0 Å². The summed E-state index contributed by atoms with van der Waals surface area (Å²) in [7, 11) is -2.70. The van der Waals surface area contributed by atoms with E-state index in [1.54, 1.807) is 13.0 Å². The van der Waals surface area contributed by atoms with E-state index in [1.165, 1.54) is 0 Å². The summed E-state index contributed by atoms with van der Waals surface area (Å²) < 4.78 is 17.0. The minimum Gasteiger partial charge on any atom is -0.478 e. The van der Waals surface area contributed by atoms with Crippen molar-refractivity contribution < 1.29 is 23.2 Å². The fourth-order valence-electron chi connectivity index (χ4n) is 1.55. The van der Waals surface area contributed by atoms with Crippen LogP contribution in [0.2, 0.25) is 0 Å². The molecule has 5 nitrogen and oxygen atoms in total. The Morgan fingerprint density at radius 3 is 1.89 bits per heavy atom. The summed E-state index contributed by atoms with van der Waals surface area (Å²) in [5.41, 5.74) is 0.352. The Hall–Kier alpha value is -0.693. The van der Waals surface area contributed by atoms with Crippen LogP contribution in [0.1, 0.15) is 40.5 Å². The number of allylic oxidation sites excluding steroid dienone is 1. The lowest BCUT2D eigenvalue weighted by Gasteiger charge is -2.28. The molecule has 0 aliphatic heterocycles. The standard InChI is InChI=1S/C13H25O5Si/c1-5-16-19(17-6-2,18-7-3)11-9-8-10-12(4)13(14)15/h10-11H,5-9H2,1-4H3,(H,14,15). The molecule has 0 heterocycles. The molecule has 0 amide bonds. The van der Waals surface area contributed by atoms with Crippen LogP contribution in [-0.2, 0) is 18.1 Å². The smallest absolute Gasteiger partial charge is 0.478 e. The van der Waals surface area contributed by atoms with Crippen LogP contribution in [-0.4, -0.2) is 39.7 Å². The third-order valence-electron chi connectivity index (χ3n) is 2.39. The second-order valence-electron chi connectivity index (χ2n) is 3.88. The number of hydrogen-bond acceptors (Lipinski definition) is 4. The van der Waals surface area contributed by atoms with Crippen molar-refractivity contribution in [2.24, 2.45) is 0 Å². The second kappa shape index (κ2) is 10.1. The van der Waals surface area contributed by atoms with Gasteiger partial charge in [-0.3, -0.25) is 0 Å². The third-order valence-corrected chi connectivity index (χ3v) is 5.25. The molecule has 19 heavy (non-hydrogen) atoms. The lowest BCUT2D eigenvalue weighted by atomic mass is 10.2. The molecule has 0 spiro atoms. The van der Waals surface area contributed by atoms with Crippen LogP contribution in [0.3, 0.4) is 0 Å². The van der Waals surface area contributed by atoms with Gasteiger partial charge < -0.3 is 18.4 Å². The molecule has 0 unspecified atom stereocenters. The molecular weight excluding hydrogens is 264 g/mol. The summed E-state index contributed by atoms with van der Waals surface area (Å²) in [6.07, 6.45) is 3.01. The molecule has 6 heteroatoms. The Labute approximate surface area is 116 Å². The summed E-state index contributed by atoms with van der Waals surface area (Å²) in [6.45, 7) is 8.90. The van der Waals surface area contributed by atoms with Gasteiger partial charge in [-0.25, -0.2) is 4.79 Å². The highest BCUT2D eigenvalue weighted by atomic mass is 28.4. The maximum Gasteiger partial charge on any atom is 0.504 e. The minimum absolute atomic E-state index is 0.352. The van der Waals surface area contributed by atoms with Crippen molar-refractivity contribution in [2.75, 3.05) is 19.8 Å². The van der Waals surface area contributed by atoms with E-state index in [2.05, 4.69) is 0 Å². The predicted octanol–water partition coefficient (Wildman–Crippen LogP) is 2.59. The number of rotatable bonds is 11. The molecule has 0 aliphatic rings. The number of carbonyl (C=O) groups is 1. The summed E-state index contributed by atoms with van der Waals surface area (Å²) in [5.74, 6) is -0.886. The number of carboxylic acids is 1. The van der Waals surface area contributed by atoms with Gasteiger partial charge in [0.15, 0.2) is 0 Å². The number of carboxylic acid groups (broad SMARTS) is 1. The van der Waals surface area contributed by atoms with Crippen molar-refractivity contribution in [3.63, 3.8) is 0 Å². The van der Waals surface area contributed by atoms with Crippen LogP contribution in [0.25, 0.3) is 0 Å². The number of hydrogen-bond donors (Lipinski definition) is 1. The zero-order chi connectivity index (χ0) is 14.7. The van der Waals surface area contributed by atoms with Crippen LogP contribution in [0.5, 0.6) is 0 Å². The first-order valence-electron chi connectivity index (χ1n) is 6.67. The molecule has 0 aliphatic carbocycles. The maximum absolute atomic E-state index is 10.7. The van der Waals surface area contributed by atoms with E-state index in [9.17, 15) is 4.79 Å². The minimum atomic E-state index is -2.70. The molecule has 0 saturated carbocycles. The number of unbranched alkanes of at least 4 members (excludes halogenated alkanes) is 1. The molecule has 0 rings (SSSR count). The first-order chi connectivity index (χ1) is 9.01. The lowest BCUT2D eigenvalue weighted by molar-refractivity contribution is -0.132. The van der Waals surface area contributed by atoms with Crippen LogP contribution in [0.15, 0.2) is 11.6 Å². The molecule has 1 N–H and O–H groups in total. The van der Waals surface area contributed by atoms with Crippen molar-refractivity contribution in [3.05, 3.63) is 17.7 Å². The average Bonchev–Trinajstić information content (AvgIpc) is 2.35. The van der Waals surface area contributed by atoms with Gasteiger partial charge in [-0.2, -0.15) is 0 Å². The molecule has 0 aromatic heterocycles. The van der Waals surface area contributed by atoms with Gasteiger partial charge in [0.1, 0.15) is 0 Å². The van der Waals surface area contributed by atoms with Crippen molar-refractivity contribution in [1.82, 2.24) is 0 Å². The quantitative estimate of drug-likeness (QED) is 0.360. The highest BCUT2D eigenvalue weighted by Crippen LogP contribution is 2.17. The van der Waals surface area contributed by atoms with Crippen LogP contribution in [0, 0.1) is 6.04 Å². The highest BCUT2D eigenvalue weighted by molar-refractivity contribution is 6.64. The summed E-state index contributed by atoms with van der Waals surface area (Å²) >= 11 is 0. The summed E-state index contributed by atoms with van der Waals surface area (Å²) in [5, 5.41) is 8.75. The topological polar surface area (TPSA) is 65.0 Å². The average molecular weight is 289 g/mol. The van der Waals surface area contributed by atoms with Crippen molar-refractivity contribution in [2.45, 2.75) is 40.5 Å². The molecule has 0 aromatic carbocycles. The van der Waals surface area contributed by atoms with Gasteiger partial charge in [0.25, 0.3) is 0 Å². The maximum atomic E-state index is 10.7.